The van der Waals surface area contributed by atoms with Gasteiger partial charge in [-0.2, -0.15) is 0 Å². The van der Waals surface area contributed by atoms with Crippen LogP contribution in [0.2, 0.25) is 0 Å². The molecule has 0 saturated carbocycles. The van der Waals surface area contributed by atoms with Crippen molar-refractivity contribution in [3.63, 3.8) is 0 Å². The molecule has 0 aliphatic carbocycles. The van der Waals surface area contributed by atoms with E-state index in [9.17, 15) is 24.0 Å². The molecule has 9 heteroatoms. The first-order valence-corrected chi connectivity index (χ1v) is 10.7. The Morgan fingerprint density at radius 1 is 1.13 bits per heavy atom. The Balaban J connectivity index is 1.61. The number of carbonyl (C=O) groups excluding carboxylic acids is 5. The lowest BCUT2D eigenvalue weighted by molar-refractivity contribution is -0.136. The maximum Gasteiger partial charge on any atom is 0.266 e. The number of hydrogen-bond acceptors (Lipinski definition) is 6. The standard InChI is InChI=1S/C22H27N3O6/c1-2-3-4-5-6-12-23-18(27)13-31-16-9-7-8-14-19(16)22(30)25(21(14)29)15-10-11-17(26)24-20(15)28/h7-9,15H,2-6,10-13H2,1H3,(H,23,27)(H,24,26,28). The summed E-state index contributed by atoms with van der Waals surface area (Å²) in [6, 6.07) is 3.49. The highest BCUT2D eigenvalue weighted by molar-refractivity contribution is 6.24. The van der Waals surface area contributed by atoms with Crippen molar-refractivity contribution in [3.8, 4) is 5.75 Å². The molecule has 3 rings (SSSR count). The molecule has 0 spiro atoms. The monoisotopic (exact) mass is 429 g/mol. The Hall–Kier alpha value is -3.23. The number of rotatable bonds is 10. The zero-order valence-corrected chi connectivity index (χ0v) is 17.6. The summed E-state index contributed by atoms with van der Waals surface area (Å²) in [5.41, 5.74) is 0.146. The maximum absolute atomic E-state index is 13.0. The predicted molar refractivity (Wildman–Crippen MR) is 110 cm³/mol. The van der Waals surface area contributed by atoms with Crippen LogP contribution in [0.25, 0.3) is 0 Å². The second-order valence-corrected chi connectivity index (χ2v) is 7.68. The van der Waals surface area contributed by atoms with E-state index in [2.05, 4.69) is 17.6 Å². The van der Waals surface area contributed by atoms with Gasteiger partial charge in [-0.3, -0.25) is 34.2 Å². The van der Waals surface area contributed by atoms with Crippen LogP contribution in [-0.2, 0) is 14.4 Å². The number of hydrogen-bond donors (Lipinski definition) is 2. The Morgan fingerprint density at radius 3 is 2.65 bits per heavy atom. The van der Waals surface area contributed by atoms with Crippen molar-refractivity contribution in [2.75, 3.05) is 13.2 Å². The Labute approximate surface area is 180 Å². The minimum atomic E-state index is -1.05. The highest BCUT2D eigenvalue weighted by Crippen LogP contribution is 2.33. The number of amides is 5. The van der Waals surface area contributed by atoms with Crippen LogP contribution in [0.5, 0.6) is 5.75 Å². The fourth-order valence-corrected chi connectivity index (χ4v) is 3.75. The molecule has 1 aromatic carbocycles. The third-order valence-electron chi connectivity index (χ3n) is 5.39. The Bertz CT molecular complexity index is 897. The van der Waals surface area contributed by atoms with Crippen LogP contribution in [0.15, 0.2) is 18.2 Å². The molecular formula is C22H27N3O6. The molecule has 1 unspecified atom stereocenters. The maximum atomic E-state index is 13.0. The van der Waals surface area contributed by atoms with Gasteiger partial charge in [0.1, 0.15) is 11.8 Å². The number of nitrogens with one attached hydrogen (secondary N) is 2. The van der Waals surface area contributed by atoms with Crippen LogP contribution in [-0.4, -0.2) is 53.6 Å². The van der Waals surface area contributed by atoms with E-state index in [1.165, 1.54) is 18.6 Å². The van der Waals surface area contributed by atoms with E-state index in [-0.39, 0.29) is 42.2 Å². The molecule has 2 N–H and O–H groups in total. The summed E-state index contributed by atoms with van der Waals surface area (Å²) >= 11 is 0. The van der Waals surface area contributed by atoms with E-state index < -0.39 is 29.7 Å². The van der Waals surface area contributed by atoms with E-state index in [0.29, 0.717) is 6.54 Å². The fraction of sp³-hybridized carbons (Fsp3) is 0.500. The second-order valence-electron chi connectivity index (χ2n) is 7.68. The topological polar surface area (TPSA) is 122 Å². The van der Waals surface area contributed by atoms with Gasteiger partial charge >= 0.3 is 0 Å². The van der Waals surface area contributed by atoms with Crippen molar-refractivity contribution >= 4 is 29.5 Å². The molecule has 0 bridgehead atoms. The summed E-state index contributed by atoms with van der Waals surface area (Å²) in [6.07, 6.45) is 5.54. The minimum absolute atomic E-state index is 0.0320. The van der Waals surface area contributed by atoms with Gasteiger partial charge in [0.05, 0.1) is 11.1 Å². The van der Waals surface area contributed by atoms with E-state index >= 15 is 0 Å². The smallest absolute Gasteiger partial charge is 0.266 e. The first kappa shape index (κ1) is 22.5. The van der Waals surface area contributed by atoms with Crippen molar-refractivity contribution in [1.82, 2.24) is 15.5 Å². The summed E-state index contributed by atoms with van der Waals surface area (Å²) < 4.78 is 5.54. The van der Waals surface area contributed by atoms with Crippen molar-refractivity contribution in [1.29, 1.82) is 0 Å². The Morgan fingerprint density at radius 2 is 1.90 bits per heavy atom. The first-order valence-electron chi connectivity index (χ1n) is 10.7. The summed E-state index contributed by atoms with van der Waals surface area (Å²) in [5, 5.41) is 4.93. The van der Waals surface area contributed by atoms with Crippen molar-refractivity contribution in [2.24, 2.45) is 0 Å². The van der Waals surface area contributed by atoms with Crippen molar-refractivity contribution < 1.29 is 28.7 Å². The van der Waals surface area contributed by atoms with Crippen molar-refractivity contribution in [2.45, 2.75) is 57.9 Å². The average molecular weight is 429 g/mol. The van der Waals surface area contributed by atoms with Crippen LogP contribution in [0.3, 0.4) is 0 Å². The number of fused-ring (bicyclic) bond motifs is 1. The van der Waals surface area contributed by atoms with Gasteiger partial charge in [0, 0.05) is 13.0 Å². The van der Waals surface area contributed by atoms with Crippen LogP contribution in [0.1, 0.15) is 72.6 Å². The van der Waals surface area contributed by atoms with Gasteiger partial charge in [0.2, 0.25) is 11.8 Å². The molecule has 5 amide bonds. The zero-order valence-electron chi connectivity index (χ0n) is 17.6. The minimum Gasteiger partial charge on any atom is -0.483 e. The van der Waals surface area contributed by atoms with Gasteiger partial charge < -0.3 is 10.1 Å². The lowest BCUT2D eigenvalue weighted by atomic mass is 10.0. The molecule has 1 atom stereocenters. The van der Waals surface area contributed by atoms with Gasteiger partial charge in [0.25, 0.3) is 17.7 Å². The lowest BCUT2D eigenvalue weighted by Gasteiger charge is -2.27. The molecule has 2 aliphatic rings. The largest absolute Gasteiger partial charge is 0.483 e. The number of ether oxygens (including phenoxy) is 1. The van der Waals surface area contributed by atoms with E-state index in [0.717, 1.165) is 30.6 Å². The number of benzene rings is 1. The van der Waals surface area contributed by atoms with E-state index in [1.807, 2.05) is 0 Å². The highest BCUT2D eigenvalue weighted by atomic mass is 16.5. The molecule has 0 aromatic heterocycles. The quantitative estimate of drug-likeness (QED) is 0.430. The van der Waals surface area contributed by atoms with Gasteiger partial charge in [0.15, 0.2) is 6.61 Å². The van der Waals surface area contributed by atoms with E-state index in [4.69, 9.17) is 4.74 Å². The summed E-state index contributed by atoms with van der Waals surface area (Å²) in [7, 11) is 0. The Kier molecular flexibility index (Phi) is 7.38. The van der Waals surface area contributed by atoms with Gasteiger partial charge in [-0.05, 0) is 25.0 Å². The third kappa shape index (κ3) is 5.10. The fourth-order valence-electron chi connectivity index (χ4n) is 3.75. The number of nitrogens with zero attached hydrogens (tertiary/aromatic N) is 1. The average Bonchev–Trinajstić information content (AvgIpc) is 3.00. The predicted octanol–water partition coefficient (Wildman–Crippen LogP) is 1.55. The highest BCUT2D eigenvalue weighted by Gasteiger charge is 2.46. The molecule has 1 fully saturated rings. The van der Waals surface area contributed by atoms with Gasteiger partial charge in [-0.1, -0.05) is 38.7 Å². The number of piperidine rings is 1. The molecule has 0 radical (unpaired) electrons. The molecule has 9 nitrogen and oxygen atoms in total. The molecule has 166 valence electrons. The molecule has 1 aromatic rings. The van der Waals surface area contributed by atoms with E-state index in [1.54, 1.807) is 6.07 Å². The first-order chi connectivity index (χ1) is 14.9. The normalized spacial score (nSPS) is 18.1. The molecule has 1 saturated heterocycles. The summed E-state index contributed by atoms with van der Waals surface area (Å²) in [4.78, 5) is 62.2. The van der Waals surface area contributed by atoms with Crippen LogP contribution in [0.4, 0.5) is 0 Å². The SMILES string of the molecule is CCCCCCCNC(=O)COc1cccc2c1C(=O)N(C1CCC(=O)NC1=O)C2=O. The molecule has 2 heterocycles. The number of carbonyl (C=O) groups is 5. The summed E-state index contributed by atoms with van der Waals surface area (Å²) in [5.74, 6) is -2.58. The lowest BCUT2D eigenvalue weighted by Crippen LogP contribution is -2.54. The molecule has 31 heavy (non-hydrogen) atoms. The molecular weight excluding hydrogens is 402 g/mol. The van der Waals surface area contributed by atoms with Crippen LogP contribution in [0, 0.1) is 0 Å². The summed E-state index contributed by atoms with van der Waals surface area (Å²) in [6.45, 7) is 2.41. The number of imide groups is 2. The van der Waals surface area contributed by atoms with Gasteiger partial charge in [-0.25, -0.2) is 0 Å². The molecule has 2 aliphatic heterocycles. The zero-order chi connectivity index (χ0) is 22.4. The van der Waals surface area contributed by atoms with Crippen LogP contribution >= 0.6 is 0 Å². The van der Waals surface area contributed by atoms with Crippen LogP contribution < -0.4 is 15.4 Å². The van der Waals surface area contributed by atoms with Gasteiger partial charge in [-0.15, -0.1) is 0 Å². The number of unbranched alkanes of at least 4 members (excludes halogenated alkanes) is 4. The van der Waals surface area contributed by atoms with Crippen molar-refractivity contribution in [3.05, 3.63) is 29.3 Å². The third-order valence-corrected chi connectivity index (χ3v) is 5.39. The second kappa shape index (κ2) is 10.2.